The maximum Gasteiger partial charge on any atom is 0.263 e. The van der Waals surface area contributed by atoms with E-state index in [1.54, 1.807) is 0 Å². The highest BCUT2D eigenvalue weighted by Crippen LogP contribution is 2.29. The zero-order chi connectivity index (χ0) is 19.0. The van der Waals surface area contributed by atoms with Crippen molar-refractivity contribution in [1.29, 1.82) is 0 Å². The standard InChI is InChI=1S/C20H26N4OS/c1-11(2)17(23-20(25)18-13(5)21-14(6)26-18)19-22-15-9-7-8-10-16(15)24(19)12(3)4/h7-12,17H,1-6H3,(H,23,25)/t17-/m0/s1. The van der Waals surface area contributed by atoms with Gasteiger partial charge in [-0.05, 0) is 45.7 Å². The molecule has 26 heavy (non-hydrogen) atoms. The molecule has 1 amide bonds. The minimum atomic E-state index is -0.167. The first-order chi connectivity index (χ1) is 12.3. The van der Waals surface area contributed by atoms with Crippen LogP contribution in [-0.2, 0) is 0 Å². The third-order valence-electron chi connectivity index (χ3n) is 4.48. The topological polar surface area (TPSA) is 59.8 Å². The molecule has 0 spiro atoms. The largest absolute Gasteiger partial charge is 0.341 e. The Morgan fingerprint density at radius 2 is 1.81 bits per heavy atom. The number of hydrogen-bond donors (Lipinski definition) is 1. The van der Waals surface area contributed by atoms with Gasteiger partial charge in [0.2, 0.25) is 0 Å². The summed E-state index contributed by atoms with van der Waals surface area (Å²) in [5.74, 6) is 1.04. The Bertz CT molecular complexity index is 939. The molecule has 1 aromatic carbocycles. The summed E-state index contributed by atoms with van der Waals surface area (Å²) in [6.07, 6.45) is 0. The van der Waals surface area contributed by atoms with Crippen LogP contribution in [0, 0.1) is 19.8 Å². The van der Waals surface area contributed by atoms with E-state index in [4.69, 9.17) is 4.98 Å². The zero-order valence-corrected chi connectivity index (χ0v) is 17.0. The van der Waals surface area contributed by atoms with Gasteiger partial charge >= 0.3 is 0 Å². The van der Waals surface area contributed by atoms with Crippen LogP contribution in [0.5, 0.6) is 0 Å². The summed E-state index contributed by atoms with van der Waals surface area (Å²) < 4.78 is 2.23. The fourth-order valence-electron chi connectivity index (χ4n) is 3.30. The maximum absolute atomic E-state index is 12.9. The highest BCUT2D eigenvalue weighted by atomic mass is 32.1. The van der Waals surface area contributed by atoms with Crippen LogP contribution < -0.4 is 5.32 Å². The summed E-state index contributed by atoms with van der Waals surface area (Å²) in [4.78, 5) is 22.8. The molecule has 3 aromatic rings. The number of imidazole rings is 1. The van der Waals surface area contributed by atoms with E-state index in [0.29, 0.717) is 4.88 Å². The van der Waals surface area contributed by atoms with Crippen molar-refractivity contribution in [3.05, 3.63) is 45.7 Å². The van der Waals surface area contributed by atoms with Gasteiger partial charge in [0, 0.05) is 6.04 Å². The minimum Gasteiger partial charge on any atom is -0.341 e. The third-order valence-corrected chi connectivity index (χ3v) is 5.55. The van der Waals surface area contributed by atoms with Crippen molar-refractivity contribution in [2.45, 2.75) is 53.6 Å². The number of nitrogens with zero attached hydrogens (tertiary/aromatic N) is 3. The molecule has 0 aliphatic rings. The molecule has 0 bridgehead atoms. The van der Waals surface area contributed by atoms with Gasteiger partial charge in [-0.3, -0.25) is 4.79 Å². The van der Waals surface area contributed by atoms with Gasteiger partial charge in [0.05, 0.1) is 27.8 Å². The number of amides is 1. The van der Waals surface area contributed by atoms with Crippen LogP contribution in [0.1, 0.15) is 66.0 Å². The molecular formula is C20H26N4OS. The number of aryl methyl sites for hydroxylation is 2. The molecule has 6 heteroatoms. The van der Waals surface area contributed by atoms with Gasteiger partial charge in [-0.15, -0.1) is 11.3 Å². The van der Waals surface area contributed by atoms with Gasteiger partial charge < -0.3 is 9.88 Å². The van der Waals surface area contributed by atoms with E-state index in [-0.39, 0.29) is 23.9 Å². The summed E-state index contributed by atoms with van der Waals surface area (Å²) >= 11 is 1.44. The average Bonchev–Trinajstić information content (AvgIpc) is 3.11. The lowest BCUT2D eigenvalue weighted by Gasteiger charge is -2.24. The molecule has 1 atom stereocenters. The number of rotatable bonds is 5. The van der Waals surface area contributed by atoms with Gasteiger partial charge in [0.1, 0.15) is 10.7 Å². The highest BCUT2D eigenvalue weighted by Gasteiger charge is 2.27. The summed E-state index contributed by atoms with van der Waals surface area (Å²) in [6, 6.07) is 8.21. The van der Waals surface area contributed by atoms with Crippen LogP contribution in [0.25, 0.3) is 11.0 Å². The van der Waals surface area contributed by atoms with Gasteiger partial charge in [0.15, 0.2) is 0 Å². The van der Waals surface area contributed by atoms with Crippen LogP contribution in [0.15, 0.2) is 24.3 Å². The molecule has 0 fully saturated rings. The van der Waals surface area contributed by atoms with E-state index in [2.05, 4.69) is 48.6 Å². The van der Waals surface area contributed by atoms with Gasteiger partial charge in [-0.25, -0.2) is 9.97 Å². The first-order valence-electron chi connectivity index (χ1n) is 9.01. The summed E-state index contributed by atoms with van der Waals surface area (Å²) in [6.45, 7) is 12.3. The van der Waals surface area contributed by atoms with Gasteiger partial charge in [-0.1, -0.05) is 26.0 Å². The van der Waals surface area contributed by atoms with E-state index >= 15 is 0 Å². The Balaban J connectivity index is 2.03. The van der Waals surface area contributed by atoms with Crippen molar-refractivity contribution in [3.63, 3.8) is 0 Å². The van der Waals surface area contributed by atoms with Crippen LogP contribution in [0.3, 0.4) is 0 Å². The molecule has 0 unspecified atom stereocenters. The van der Waals surface area contributed by atoms with E-state index in [0.717, 1.165) is 27.6 Å². The summed E-state index contributed by atoms with van der Waals surface area (Å²) in [5, 5.41) is 4.11. The number of benzene rings is 1. The number of carbonyl (C=O) groups excluding carboxylic acids is 1. The van der Waals surface area contributed by atoms with Crippen molar-refractivity contribution in [2.75, 3.05) is 0 Å². The number of fused-ring (bicyclic) bond motifs is 1. The molecule has 0 aliphatic heterocycles. The second-order valence-electron chi connectivity index (χ2n) is 7.27. The fourth-order valence-corrected chi connectivity index (χ4v) is 4.13. The van der Waals surface area contributed by atoms with E-state index in [9.17, 15) is 4.79 Å². The molecule has 2 heterocycles. The van der Waals surface area contributed by atoms with E-state index in [1.807, 2.05) is 32.0 Å². The van der Waals surface area contributed by atoms with Crippen LogP contribution in [0.4, 0.5) is 0 Å². The predicted octanol–water partition coefficient (Wildman–Crippen LogP) is 4.82. The molecule has 0 aliphatic carbocycles. The number of carbonyl (C=O) groups is 1. The first kappa shape index (κ1) is 18.6. The lowest BCUT2D eigenvalue weighted by Crippen LogP contribution is -2.34. The van der Waals surface area contributed by atoms with E-state index < -0.39 is 0 Å². The molecule has 0 radical (unpaired) electrons. The molecule has 1 N–H and O–H groups in total. The Labute approximate surface area is 158 Å². The number of hydrogen-bond acceptors (Lipinski definition) is 4. The minimum absolute atomic E-state index is 0.0748. The first-order valence-corrected chi connectivity index (χ1v) is 9.83. The molecule has 5 nitrogen and oxygen atoms in total. The van der Waals surface area contributed by atoms with Crippen molar-refractivity contribution in [2.24, 2.45) is 5.92 Å². The van der Waals surface area contributed by atoms with Crippen molar-refractivity contribution in [3.8, 4) is 0 Å². The number of nitrogens with one attached hydrogen (secondary N) is 1. The number of aromatic nitrogens is 3. The maximum atomic E-state index is 12.9. The number of thiazole rings is 1. The predicted molar refractivity (Wildman–Crippen MR) is 107 cm³/mol. The van der Waals surface area contributed by atoms with Crippen LogP contribution >= 0.6 is 11.3 Å². The summed E-state index contributed by atoms with van der Waals surface area (Å²) in [7, 11) is 0. The molecule has 0 saturated carbocycles. The van der Waals surface area contributed by atoms with E-state index in [1.165, 1.54) is 11.3 Å². The molecule has 2 aromatic heterocycles. The molecular weight excluding hydrogens is 344 g/mol. The van der Waals surface area contributed by atoms with Crippen molar-refractivity contribution in [1.82, 2.24) is 19.9 Å². The molecule has 3 rings (SSSR count). The summed E-state index contributed by atoms with van der Waals surface area (Å²) in [5.41, 5.74) is 2.84. The smallest absolute Gasteiger partial charge is 0.263 e. The van der Waals surface area contributed by atoms with Crippen LogP contribution in [-0.4, -0.2) is 20.4 Å². The Morgan fingerprint density at radius 1 is 1.12 bits per heavy atom. The molecule has 0 saturated heterocycles. The fraction of sp³-hybridized carbons (Fsp3) is 0.450. The van der Waals surface area contributed by atoms with Crippen molar-refractivity contribution >= 4 is 28.3 Å². The highest BCUT2D eigenvalue weighted by molar-refractivity contribution is 7.13. The second-order valence-corrected chi connectivity index (χ2v) is 8.47. The Hall–Kier alpha value is -2.21. The Kier molecular flexibility index (Phi) is 5.14. The van der Waals surface area contributed by atoms with Crippen molar-refractivity contribution < 1.29 is 4.79 Å². The van der Waals surface area contributed by atoms with Gasteiger partial charge in [-0.2, -0.15) is 0 Å². The lowest BCUT2D eigenvalue weighted by molar-refractivity contribution is 0.0925. The monoisotopic (exact) mass is 370 g/mol. The quantitative estimate of drug-likeness (QED) is 0.700. The van der Waals surface area contributed by atoms with Crippen LogP contribution in [0.2, 0.25) is 0 Å². The normalized spacial score (nSPS) is 12.9. The zero-order valence-electron chi connectivity index (χ0n) is 16.2. The third kappa shape index (κ3) is 3.38. The second kappa shape index (κ2) is 7.19. The Morgan fingerprint density at radius 3 is 2.38 bits per heavy atom. The number of para-hydroxylation sites is 2. The average molecular weight is 371 g/mol. The van der Waals surface area contributed by atoms with Gasteiger partial charge in [0.25, 0.3) is 5.91 Å². The lowest BCUT2D eigenvalue weighted by atomic mass is 10.0. The SMILES string of the molecule is Cc1nc(C)c(C(=O)N[C@H](c2nc3ccccc3n2C(C)C)C(C)C)s1. The molecule has 138 valence electrons.